The third-order valence-corrected chi connectivity index (χ3v) is 7.08. The summed E-state index contributed by atoms with van der Waals surface area (Å²) in [7, 11) is 0. The lowest BCUT2D eigenvalue weighted by Crippen LogP contribution is -2.40. The normalized spacial score (nSPS) is 14.3. The second-order valence-electron chi connectivity index (χ2n) is 9.42. The Balaban J connectivity index is 1.14. The quantitative estimate of drug-likeness (QED) is 0.329. The Bertz CT molecular complexity index is 1590. The number of fused-ring (bicyclic) bond motifs is 1. The molecule has 8 nitrogen and oxygen atoms in total. The smallest absolute Gasteiger partial charge is 0.349 e. The first-order valence-corrected chi connectivity index (χ1v) is 12.5. The van der Waals surface area contributed by atoms with Crippen molar-refractivity contribution in [3.05, 3.63) is 119 Å². The summed E-state index contributed by atoms with van der Waals surface area (Å²) in [4.78, 5) is 36.6. The third-order valence-electron chi connectivity index (χ3n) is 7.08. The second kappa shape index (κ2) is 9.89. The number of hydrogen-bond donors (Lipinski definition) is 0. The molecular weight excluding hydrogens is 466 g/mol. The van der Waals surface area contributed by atoms with Crippen LogP contribution in [0.25, 0.3) is 11.0 Å². The van der Waals surface area contributed by atoms with E-state index in [4.69, 9.17) is 4.42 Å². The molecule has 0 spiro atoms. The lowest BCUT2D eigenvalue weighted by Gasteiger charge is -2.31. The van der Waals surface area contributed by atoms with E-state index in [9.17, 15) is 9.59 Å². The van der Waals surface area contributed by atoms with Gasteiger partial charge in [-0.05, 0) is 30.5 Å². The fourth-order valence-electron chi connectivity index (χ4n) is 5.10. The van der Waals surface area contributed by atoms with Gasteiger partial charge in [0.2, 0.25) is 0 Å². The number of nitrogens with zero attached hydrogens (tertiary/aromatic N) is 5. The third kappa shape index (κ3) is 4.70. The van der Waals surface area contributed by atoms with Gasteiger partial charge in [-0.15, -0.1) is 0 Å². The highest BCUT2D eigenvalue weighted by atomic mass is 16.4. The molecule has 6 rings (SSSR count). The average Bonchev–Trinajstić information content (AvgIpc) is 3.58. The van der Waals surface area contributed by atoms with Crippen LogP contribution in [0, 0.1) is 0 Å². The number of likely N-dealkylation sites (tertiary alicyclic amines) is 1. The number of carbonyl (C=O) groups excluding carboxylic acids is 1. The van der Waals surface area contributed by atoms with Gasteiger partial charge in [0, 0.05) is 55.7 Å². The van der Waals surface area contributed by atoms with E-state index in [1.165, 1.54) is 5.56 Å². The van der Waals surface area contributed by atoms with Crippen LogP contribution in [0.15, 0.2) is 94.7 Å². The Morgan fingerprint density at radius 3 is 2.46 bits per heavy atom. The van der Waals surface area contributed by atoms with Gasteiger partial charge >= 0.3 is 5.63 Å². The van der Waals surface area contributed by atoms with Crippen LogP contribution in [0.4, 0.5) is 0 Å². The Hall–Kier alpha value is -4.46. The van der Waals surface area contributed by atoms with Gasteiger partial charge in [0.1, 0.15) is 22.8 Å². The number of benzene rings is 2. The number of piperidine rings is 1. The molecule has 0 saturated carbocycles. The zero-order valence-corrected chi connectivity index (χ0v) is 20.4. The fourth-order valence-corrected chi connectivity index (χ4v) is 5.10. The van der Waals surface area contributed by atoms with E-state index in [1.807, 2.05) is 55.1 Å². The van der Waals surface area contributed by atoms with Crippen molar-refractivity contribution in [2.45, 2.75) is 31.8 Å². The highest BCUT2D eigenvalue weighted by Gasteiger charge is 2.29. The molecule has 2 aromatic carbocycles. The van der Waals surface area contributed by atoms with Crippen molar-refractivity contribution in [1.29, 1.82) is 0 Å². The summed E-state index contributed by atoms with van der Waals surface area (Å²) < 4.78 is 9.69. The van der Waals surface area contributed by atoms with Crippen molar-refractivity contribution in [2.24, 2.45) is 0 Å². The van der Waals surface area contributed by atoms with Gasteiger partial charge in [0.25, 0.3) is 5.91 Å². The monoisotopic (exact) mass is 493 g/mol. The zero-order valence-electron chi connectivity index (χ0n) is 20.4. The first-order valence-electron chi connectivity index (χ1n) is 12.5. The Morgan fingerprint density at radius 1 is 0.892 bits per heavy atom. The molecular formula is C29H27N5O3. The topological polar surface area (TPSA) is 86.2 Å². The van der Waals surface area contributed by atoms with Gasteiger partial charge in [-0.1, -0.05) is 48.5 Å². The molecule has 0 radical (unpaired) electrons. The van der Waals surface area contributed by atoms with Crippen molar-refractivity contribution >= 4 is 16.9 Å². The molecule has 0 N–H and O–H groups in total. The number of imidazole rings is 2. The molecule has 1 saturated heterocycles. The molecule has 1 aliphatic heterocycles. The van der Waals surface area contributed by atoms with E-state index >= 15 is 0 Å². The molecule has 0 aliphatic carbocycles. The number of amides is 1. The van der Waals surface area contributed by atoms with Crippen LogP contribution in [0.1, 0.15) is 46.3 Å². The van der Waals surface area contributed by atoms with Crippen LogP contribution in [-0.2, 0) is 13.1 Å². The highest BCUT2D eigenvalue weighted by Crippen LogP contribution is 2.28. The van der Waals surface area contributed by atoms with Crippen LogP contribution >= 0.6 is 0 Å². The summed E-state index contributed by atoms with van der Waals surface area (Å²) in [5, 5.41) is 0.744. The molecule has 0 unspecified atom stereocenters. The minimum atomic E-state index is -0.590. The SMILES string of the molecule is O=C(c1cc2ccccc2oc1=O)N1CCC(c2nccn2Cc2nccn2Cc2ccccc2)CC1. The predicted octanol–water partition coefficient (Wildman–Crippen LogP) is 4.30. The molecule has 1 aliphatic rings. The summed E-state index contributed by atoms with van der Waals surface area (Å²) >= 11 is 0. The van der Waals surface area contributed by atoms with Crippen molar-refractivity contribution < 1.29 is 9.21 Å². The van der Waals surface area contributed by atoms with E-state index in [0.29, 0.717) is 25.2 Å². The Morgan fingerprint density at radius 2 is 1.62 bits per heavy atom. The number of carbonyl (C=O) groups is 1. The van der Waals surface area contributed by atoms with Gasteiger partial charge in [-0.25, -0.2) is 14.8 Å². The maximum Gasteiger partial charge on any atom is 0.349 e. The number of hydrogen-bond acceptors (Lipinski definition) is 5. The summed E-state index contributed by atoms with van der Waals surface area (Å²) in [6, 6.07) is 19.2. The highest BCUT2D eigenvalue weighted by molar-refractivity contribution is 5.96. The van der Waals surface area contributed by atoms with Crippen molar-refractivity contribution in [1.82, 2.24) is 24.0 Å². The van der Waals surface area contributed by atoms with Crippen LogP contribution in [-0.4, -0.2) is 43.0 Å². The van der Waals surface area contributed by atoms with Crippen molar-refractivity contribution in [3.8, 4) is 0 Å². The van der Waals surface area contributed by atoms with E-state index in [1.54, 1.807) is 23.1 Å². The summed E-state index contributed by atoms with van der Waals surface area (Å²) in [6.45, 7) is 2.52. The molecule has 37 heavy (non-hydrogen) atoms. The number of para-hydroxylation sites is 1. The molecule has 8 heteroatoms. The molecule has 0 atom stereocenters. The Labute approximate surface area is 213 Å². The van der Waals surface area contributed by atoms with Crippen molar-refractivity contribution in [3.63, 3.8) is 0 Å². The molecule has 186 valence electrons. The second-order valence-corrected chi connectivity index (χ2v) is 9.42. The fraction of sp³-hybridized carbons (Fsp3) is 0.241. The Kier molecular flexibility index (Phi) is 6.14. The molecule has 3 aromatic heterocycles. The summed E-state index contributed by atoms with van der Waals surface area (Å²) in [5.41, 5.74) is 1.21. The average molecular weight is 494 g/mol. The maximum absolute atomic E-state index is 13.2. The maximum atomic E-state index is 13.2. The van der Waals surface area contributed by atoms with E-state index in [2.05, 4.69) is 31.2 Å². The van der Waals surface area contributed by atoms with Crippen molar-refractivity contribution in [2.75, 3.05) is 13.1 Å². The van der Waals surface area contributed by atoms with Crippen LogP contribution in [0.3, 0.4) is 0 Å². The first kappa shape index (κ1) is 23.0. The first-order chi connectivity index (χ1) is 18.2. The lowest BCUT2D eigenvalue weighted by molar-refractivity contribution is 0.0706. The molecule has 1 fully saturated rings. The van der Waals surface area contributed by atoms with Crippen LogP contribution < -0.4 is 5.63 Å². The van der Waals surface area contributed by atoms with Gasteiger partial charge < -0.3 is 18.5 Å². The lowest BCUT2D eigenvalue weighted by atomic mass is 9.95. The van der Waals surface area contributed by atoms with Gasteiger partial charge in [0.05, 0.1) is 6.54 Å². The summed E-state index contributed by atoms with van der Waals surface area (Å²) in [5.74, 6) is 1.93. The number of rotatable bonds is 6. The minimum absolute atomic E-state index is 0.0869. The molecule has 4 heterocycles. The number of aromatic nitrogens is 4. The largest absolute Gasteiger partial charge is 0.422 e. The standard InChI is InChI=1S/C29H27N5O3/c35-28(24-18-23-8-4-5-9-25(23)37-29(24)36)32-14-10-22(11-15-32)27-31-13-17-34(27)20-26-30-12-16-33(26)19-21-6-2-1-3-7-21/h1-9,12-13,16-18,22H,10-11,14-15,19-20H2. The molecule has 0 bridgehead atoms. The molecule has 5 aromatic rings. The van der Waals surface area contributed by atoms with Crippen LogP contribution in [0.5, 0.6) is 0 Å². The van der Waals surface area contributed by atoms with E-state index in [-0.39, 0.29) is 17.4 Å². The van der Waals surface area contributed by atoms with E-state index in [0.717, 1.165) is 36.4 Å². The zero-order chi connectivity index (χ0) is 25.2. The van der Waals surface area contributed by atoms with Crippen LogP contribution in [0.2, 0.25) is 0 Å². The van der Waals surface area contributed by atoms with Gasteiger partial charge in [-0.3, -0.25) is 4.79 Å². The predicted molar refractivity (Wildman–Crippen MR) is 139 cm³/mol. The van der Waals surface area contributed by atoms with E-state index < -0.39 is 5.63 Å². The van der Waals surface area contributed by atoms with Gasteiger partial charge in [0.15, 0.2) is 0 Å². The summed E-state index contributed by atoms with van der Waals surface area (Å²) in [6.07, 6.45) is 9.22. The minimum Gasteiger partial charge on any atom is -0.422 e. The molecule has 1 amide bonds. The van der Waals surface area contributed by atoms with Gasteiger partial charge in [-0.2, -0.15) is 0 Å².